The van der Waals surface area contributed by atoms with Crippen molar-refractivity contribution in [2.75, 3.05) is 27.2 Å². The Bertz CT molecular complexity index is 227. The minimum absolute atomic E-state index is 0.0778. The van der Waals surface area contributed by atoms with Gasteiger partial charge in [0, 0.05) is 12.6 Å². The largest absolute Gasteiger partial charge is 0.356 e. The first kappa shape index (κ1) is 14.9. The average Bonchev–Trinajstić information content (AvgIpc) is 2.10. The summed E-state index contributed by atoms with van der Waals surface area (Å²) in [5.41, 5.74) is 0. The average molecular weight is 229 g/mol. The van der Waals surface area contributed by atoms with E-state index < -0.39 is 0 Å². The van der Waals surface area contributed by atoms with Gasteiger partial charge in [-0.2, -0.15) is 0 Å². The van der Waals surface area contributed by atoms with E-state index in [4.69, 9.17) is 0 Å². The standard InChI is InChI=1S/C11H23N3O2/c1-9(2)13-11(16)8-10(15)12-6-5-7-14(3)4/h9H,5-8H2,1-4H3,(H,12,15)(H,13,16). The number of hydrogen-bond donors (Lipinski definition) is 2. The number of carbonyl (C=O) groups excluding carboxylic acids is 2. The summed E-state index contributed by atoms with van der Waals surface area (Å²) in [7, 11) is 3.97. The number of amides is 2. The Morgan fingerprint density at radius 2 is 1.81 bits per heavy atom. The molecule has 0 aliphatic rings. The van der Waals surface area contributed by atoms with E-state index in [-0.39, 0.29) is 24.3 Å². The molecule has 0 aromatic rings. The third kappa shape index (κ3) is 9.45. The molecule has 0 rings (SSSR count). The fourth-order valence-corrected chi connectivity index (χ4v) is 1.20. The smallest absolute Gasteiger partial charge is 0.229 e. The van der Waals surface area contributed by atoms with Crippen molar-refractivity contribution in [1.29, 1.82) is 0 Å². The molecule has 0 spiro atoms. The second-order valence-electron chi connectivity index (χ2n) is 4.41. The summed E-state index contributed by atoms with van der Waals surface area (Å²) in [5, 5.41) is 5.39. The van der Waals surface area contributed by atoms with Crippen molar-refractivity contribution in [2.45, 2.75) is 32.7 Å². The fraction of sp³-hybridized carbons (Fsp3) is 0.818. The van der Waals surface area contributed by atoms with Crippen LogP contribution in [0.1, 0.15) is 26.7 Å². The third-order valence-electron chi connectivity index (χ3n) is 1.88. The predicted molar refractivity (Wildman–Crippen MR) is 64.1 cm³/mol. The molecule has 5 nitrogen and oxygen atoms in total. The highest BCUT2D eigenvalue weighted by molar-refractivity contribution is 5.96. The number of rotatable bonds is 7. The Morgan fingerprint density at radius 3 is 2.31 bits per heavy atom. The van der Waals surface area contributed by atoms with Gasteiger partial charge in [0.2, 0.25) is 11.8 Å². The Balaban J connectivity index is 3.55. The van der Waals surface area contributed by atoms with Crippen LogP contribution in [0.15, 0.2) is 0 Å². The van der Waals surface area contributed by atoms with Gasteiger partial charge in [0.25, 0.3) is 0 Å². The lowest BCUT2D eigenvalue weighted by molar-refractivity contribution is -0.129. The Labute approximate surface area is 97.6 Å². The van der Waals surface area contributed by atoms with Crippen LogP contribution in [0, 0.1) is 0 Å². The first-order chi connectivity index (χ1) is 7.41. The van der Waals surface area contributed by atoms with Crippen LogP contribution < -0.4 is 10.6 Å². The number of hydrogen-bond acceptors (Lipinski definition) is 3. The number of carbonyl (C=O) groups is 2. The quantitative estimate of drug-likeness (QED) is 0.476. The van der Waals surface area contributed by atoms with E-state index in [1.54, 1.807) is 0 Å². The molecular weight excluding hydrogens is 206 g/mol. The van der Waals surface area contributed by atoms with Crippen molar-refractivity contribution >= 4 is 11.8 Å². The zero-order valence-electron chi connectivity index (χ0n) is 10.7. The minimum atomic E-state index is -0.222. The SMILES string of the molecule is CC(C)NC(=O)CC(=O)NCCCN(C)C. The van der Waals surface area contributed by atoms with Gasteiger partial charge >= 0.3 is 0 Å². The van der Waals surface area contributed by atoms with Gasteiger partial charge in [-0.3, -0.25) is 9.59 Å². The maximum absolute atomic E-state index is 11.3. The van der Waals surface area contributed by atoms with Crippen LogP contribution in [0.5, 0.6) is 0 Å². The van der Waals surface area contributed by atoms with Crippen molar-refractivity contribution in [1.82, 2.24) is 15.5 Å². The molecule has 94 valence electrons. The van der Waals surface area contributed by atoms with E-state index >= 15 is 0 Å². The van der Waals surface area contributed by atoms with Crippen LogP contribution in [0.3, 0.4) is 0 Å². The summed E-state index contributed by atoms with van der Waals surface area (Å²) in [6.45, 7) is 5.28. The Kier molecular flexibility index (Phi) is 7.54. The van der Waals surface area contributed by atoms with Gasteiger partial charge < -0.3 is 15.5 Å². The maximum atomic E-state index is 11.3. The minimum Gasteiger partial charge on any atom is -0.356 e. The highest BCUT2D eigenvalue weighted by atomic mass is 16.2. The second-order valence-corrected chi connectivity index (χ2v) is 4.41. The van der Waals surface area contributed by atoms with Crippen molar-refractivity contribution < 1.29 is 9.59 Å². The fourth-order valence-electron chi connectivity index (χ4n) is 1.20. The first-order valence-corrected chi connectivity index (χ1v) is 5.62. The molecule has 0 atom stereocenters. The van der Waals surface area contributed by atoms with E-state index in [1.165, 1.54) is 0 Å². The topological polar surface area (TPSA) is 61.4 Å². The van der Waals surface area contributed by atoms with Gasteiger partial charge in [-0.15, -0.1) is 0 Å². The summed E-state index contributed by atoms with van der Waals surface area (Å²) in [6.07, 6.45) is 0.810. The molecule has 0 unspecified atom stereocenters. The summed E-state index contributed by atoms with van der Waals surface area (Å²) in [5.74, 6) is -0.433. The lowest BCUT2D eigenvalue weighted by Crippen LogP contribution is -2.36. The summed E-state index contributed by atoms with van der Waals surface area (Å²) < 4.78 is 0. The van der Waals surface area contributed by atoms with E-state index in [0.29, 0.717) is 6.54 Å². The molecule has 0 aromatic carbocycles. The molecule has 0 saturated carbocycles. The molecule has 0 radical (unpaired) electrons. The van der Waals surface area contributed by atoms with Crippen LogP contribution >= 0.6 is 0 Å². The van der Waals surface area contributed by atoms with E-state index in [1.807, 2.05) is 27.9 Å². The zero-order valence-corrected chi connectivity index (χ0v) is 10.7. The zero-order chi connectivity index (χ0) is 12.6. The molecule has 16 heavy (non-hydrogen) atoms. The van der Waals surface area contributed by atoms with Crippen LogP contribution in [-0.2, 0) is 9.59 Å². The van der Waals surface area contributed by atoms with E-state index in [2.05, 4.69) is 15.5 Å². The highest BCUT2D eigenvalue weighted by Crippen LogP contribution is 1.86. The molecule has 0 fully saturated rings. The molecule has 0 heterocycles. The second kappa shape index (κ2) is 8.10. The van der Waals surface area contributed by atoms with Crippen LogP contribution in [-0.4, -0.2) is 49.9 Å². The Morgan fingerprint density at radius 1 is 1.19 bits per heavy atom. The molecule has 0 saturated heterocycles. The van der Waals surface area contributed by atoms with Crippen molar-refractivity contribution in [3.05, 3.63) is 0 Å². The van der Waals surface area contributed by atoms with Crippen molar-refractivity contribution in [2.24, 2.45) is 0 Å². The van der Waals surface area contributed by atoms with Crippen LogP contribution in [0.25, 0.3) is 0 Å². The molecule has 0 aromatic heterocycles. The summed E-state index contributed by atoms with van der Waals surface area (Å²) >= 11 is 0. The van der Waals surface area contributed by atoms with Gasteiger partial charge in [-0.25, -0.2) is 0 Å². The normalized spacial score (nSPS) is 10.6. The highest BCUT2D eigenvalue weighted by Gasteiger charge is 2.09. The van der Waals surface area contributed by atoms with Crippen molar-refractivity contribution in [3.63, 3.8) is 0 Å². The summed E-state index contributed by atoms with van der Waals surface area (Å²) in [4.78, 5) is 24.6. The summed E-state index contributed by atoms with van der Waals surface area (Å²) in [6, 6.07) is 0.0778. The maximum Gasteiger partial charge on any atom is 0.229 e. The van der Waals surface area contributed by atoms with Gasteiger partial charge in [0.1, 0.15) is 6.42 Å². The first-order valence-electron chi connectivity index (χ1n) is 5.62. The molecular formula is C11H23N3O2. The third-order valence-corrected chi connectivity index (χ3v) is 1.88. The molecule has 2 N–H and O–H groups in total. The number of nitrogens with one attached hydrogen (secondary N) is 2. The van der Waals surface area contributed by atoms with Crippen molar-refractivity contribution in [3.8, 4) is 0 Å². The molecule has 2 amide bonds. The van der Waals surface area contributed by atoms with E-state index in [0.717, 1.165) is 13.0 Å². The van der Waals surface area contributed by atoms with Crippen LogP contribution in [0.4, 0.5) is 0 Å². The molecule has 0 aliphatic heterocycles. The lowest BCUT2D eigenvalue weighted by Gasteiger charge is -2.10. The molecule has 0 aliphatic carbocycles. The number of nitrogens with zero attached hydrogens (tertiary/aromatic N) is 1. The van der Waals surface area contributed by atoms with Gasteiger partial charge in [-0.05, 0) is 40.9 Å². The van der Waals surface area contributed by atoms with Crippen LogP contribution in [0.2, 0.25) is 0 Å². The van der Waals surface area contributed by atoms with E-state index in [9.17, 15) is 9.59 Å². The molecule has 0 bridgehead atoms. The lowest BCUT2D eigenvalue weighted by atomic mass is 10.3. The van der Waals surface area contributed by atoms with Gasteiger partial charge in [0.05, 0.1) is 0 Å². The van der Waals surface area contributed by atoms with Gasteiger partial charge in [-0.1, -0.05) is 0 Å². The monoisotopic (exact) mass is 229 g/mol. The molecule has 5 heteroatoms. The van der Waals surface area contributed by atoms with Gasteiger partial charge in [0.15, 0.2) is 0 Å². The predicted octanol–water partition coefficient (Wildman–Crippen LogP) is -0.0310. The Hall–Kier alpha value is -1.10.